The lowest BCUT2D eigenvalue weighted by molar-refractivity contribution is -0.160. The number of ether oxygens (including phenoxy) is 2. The van der Waals surface area contributed by atoms with Crippen molar-refractivity contribution in [3.8, 4) is 5.75 Å². The van der Waals surface area contributed by atoms with E-state index in [9.17, 15) is 13.6 Å². The summed E-state index contributed by atoms with van der Waals surface area (Å²) < 4.78 is 35.6. The molecular weight excluding hydrogens is 286 g/mol. The summed E-state index contributed by atoms with van der Waals surface area (Å²) in [6.07, 6.45) is -2.32. The molecule has 1 unspecified atom stereocenters. The van der Waals surface area contributed by atoms with Gasteiger partial charge >= 0.3 is 12.3 Å². The van der Waals surface area contributed by atoms with Crippen LogP contribution in [0.3, 0.4) is 0 Å². The molecule has 0 spiro atoms. The molecule has 0 aliphatic rings. The van der Waals surface area contributed by atoms with Gasteiger partial charge in [0.05, 0.1) is 6.61 Å². The van der Waals surface area contributed by atoms with Crippen molar-refractivity contribution in [2.24, 2.45) is 0 Å². The molecule has 6 heteroatoms. The van der Waals surface area contributed by atoms with E-state index in [-0.39, 0.29) is 12.4 Å². The van der Waals surface area contributed by atoms with E-state index in [1.54, 1.807) is 0 Å². The Morgan fingerprint density at radius 1 is 1.56 bits per heavy atom. The number of rotatable bonds is 4. The van der Waals surface area contributed by atoms with Crippen LogP contribution in [0.2, 0.25) is 0 Å². The van der Waals surface area contributed by atoms with Crippen LogP contribution >= 0.6 is 15.9 Å². The third kappa shape index (κ3) is 3.44. The smallest absolute Gasteiger partial charge is 0.381 e. The third-order valence-electron chi connectivity index (χ3n) is 1.60. The monoisotopic (exact) mass is 294 g/mol. The summed E-state index contributed by atoms with van der Waals surface area (Å²) in [5, 5.41) is 0. The minimum Gasteiger partial charge on any atom is -0.461 e. The van der Waals surface area contributed by atoms with Gasteiger partial charge in [-0.2, -0.15) is 4.39 Å². The third-order valence-corrected chi connectivity index (χ3v) is 2.09. The number of hydrogen-bond donors (Lipinski definition) is 0. The summed E-state index contributed by atoms with van der Waals surface area (Å²) in [5.41, 5.74) is 0. The molecule has 0 aliphatic heterocycles. The van der Waals surface area contributed by atoms with Crippen LogP contribution in [-0.4, -0.2) is 18.9 Å². The molecule has 1 aromatic carbocycles. The minimum atomic E-state index is -2.32. The Hall–Kier alpha value is -1.17. The molecule has 1 aromatic rings. The fraction of sp³-hybridized carbons (Fsp3) is 0.300. The van der Waals surface area contributed by atoms with Crippen LogP contribution in [0.1, 0.15) is 6.92 Å². The van der Waals surface area contributed by atoms with Crippen molar-refractivity contribution in [1.82, 2.24) is 0 Å². The maximum absolute atomic E-state index is 13.2. The Bertz CT molecular complexity index is 384. The highest BCUT2D eigenvalue weighted by molar-refractivity contribution is 9.10. The molecule has 88 valence electrons. The first-order valence-electron chi connectivity index (χ1n) is 4.47. The maximum Gasteiger partial charge on any atom is 0.381 e. The minimum absolute atomic E-state index is 0.0332. The Morgan fingerprint density at radius 2 is 2.25 bits per heavy atom. The van der Waals surface area contributed by atoms with Crippen LogP contribution in [0, 0.1) is 5.82 Å². The van der Waals surface area contributed by atoms with Crippen molar-refractivity contribution in [3.63, 3.8) is 0 Å². The average molecular weight is 295 g/mol. The van der Waals surface area contributed by atoms with Crippen molar-refractivity contribution in [1.29, 1.82) is 0 Å². The first-order chi connectivity index (χ1) is 7.54. The van der Waals surface area contributed by atoms with E-state index in [0.717, 1.165) is 6.07 Å². The predicted octanol–water partition coefficient (Wildman–Crippen LogP) is 2.83. The van der Waals surface area contributed by atoms with Crippen molar-refractivity contribution in [3.05, 3.63) is 28.5 Å². The van der Waals surface area contributed by atoms with Gasteiger partial charge in [-0.1, -0.05) is 15.9 Å². The largest absolute Gasteiger partial charge is 0.461 e. The quantitative estimate of drug-likeness (QED) is 0.801. The van der Waals surface area contributed by atoms with E-state index in [4.69, 9.17) is 0 Å². The molecule has 0 N–H and O–H groups in total. The van der Waals surface area contributed by atoms with Crippen molar-refractivity contribution in [2.45, 2.75) is 13.3 Å². The van der Waals surface area contributed by atoms with E-state index in [1.165, 1.54) is 19.1 Å². The predicted molar refractivity (Wildman–Crippen MR) is 56.3 cm³/mol. The number of carbonyl (C=O) groups is 1. The molecule has 16 heavy (non-hydrogen) atoms. The van der Waals surface area contributed by atoms with Gasteiger partial charge in [-0.15, -0.1) is 0 Å². The van der Waals surface area contributed by atoms with Crippen LogP contribution in [-0.2, 0) is 9.53 Å². The lowest BCUT2D eigenvalue weighted by Gasteiger charge is -2.10. The SMILES string of the molecule is CCOC(=O)C(F)Oc1ccc(Br)cc1F. The second-order valence-corrected chi connectivity index (χ2v) is 3.68. The summed E-state index contributed by atoms with van der Waals surface area (Å²) in [6.45, 7) is 1.57. The number of carbonyl (C=O) groups excluding carboxylic acids is 1. The number of hydrogen-bond acceptors (Lipinski definition) is 3. The van der Waals surface area contributed by atoms with Gasteiger partial charge in [0.1, 0.15) is 0 Å². The van der Waals surface area contributed by atoms with Crippen molar-refractivity contribution in [2.75, 3.05) is 6.61 Å². The number of halogens is 3. The van der Waals surface area contributed by atoms with E-state index in [0.29, 0.717) is 4.47 Å². The summed E-state index contributed by atoms with van der Waals surface area (Å²) in [6, 6.07) is 3.79. The lowest BCUT2D eigenvalue weighted by atomic mass is 10.3. The van der Waals surface area contributed by atoms with Crippen LogP contribution in [0.5, 0.6) is 5.75 Å². The summed E-state index contributed by atoms with van der Waals surface area (Å²) in [5.74, 6) is -2.28. The van der Waals surface area contributed by atoms with Gasteiger partial charge < -0.3 is 9.47 Å². The van der Waals surface area contributed by atoms with Gasteiger partial charge in [0.15, 0.2) is 11.6 Å². The molecule has 0 saturated carbocycles. The second-order valence-electron chi connectivity index (χ2n) is 2.76. The zero-order chi connectivity index (χ0) is 12.1. The van der Waals surface area contributed by atoms with Crippen molar-refractivity contribution >= 4 is 21.9 Å². The topological polar surface area (TPSA) is 35.5 Å². The van der Waals surface area contributed by atoms with E-state index >= 15 is 0 Å². The summed E-state index contributed by atoms with van der Waals surface area (Å²) in [4.78, 5) is 10.9. The molecule has 0 aromatic heterocycles. The highest BCUT2D eigenvalue weighted by Crippen LogP contribution is 2.22. The zero-order valence-corrected chi connectivity index (χ0v) is 9.96. The highest BCUT2D eigenvalue weighted by Gasteiger charge is 2.21. The fourth-order valence-electron chi connectivity index (χ4n) is 0.938. The molecule has 0 aliphatic carbocycles. The molecule has 0 radical (unpaired) electrons. The van der Waals surface area contributed by atoms with Crippen LogP contribution < -0.4 is 4.74 Å². The molecule has 0 amide bonds. The van der Waals surface area contributed by atoms with Gasteiger partial charge in [-0.3, -0.25) is 0 Å². The molecule has 3 nitrogen and oxygen atoms in total. The normalized spacial score (nSPS) is 12.0. The Balaban J connectivity index is 2.69. The first kappa shape index (κ1) is 12.9. The molecular formula is C10H9BrF2O3. The highest BCUT2D eigenvalue weighted by atomic mass is 79.9. The summed E-state index contributed by atoms with van der Waals surface area (Å²) >= 11 is 3.04. The van der Waals surface area contributed by atoms with Gasteiger partial charge in [0.2, 0.25) is 0 Å². The molecule has 1 atom stereocenters. The van der Waals surface area contributed by atoms with Gasteiger partial charge in [-0.25, -0.2) is 9.18 Å². The molecule has 0 heterocycles. The fourth-order valence-corrected chi connectivity index (χ4v) is 1.27. The second kappa shape index (κ2) is 5.79. The Kier molecular flexibility index (Phi) is 4.67. The van der Waals surface area contributed by atoms with Crippen LogP contribution in [0.4, 0.5) is 8.78 Å². The number of benzene rings is 1. The van der Waals surface area contributed by atoms with Gasteiger partial charge in [0.25, 0.3) is 0 Å². The molecule has 1 rings (SSSR count). The van der Waals surface area contributed by atoms with E-state index in [1.807, 2.05) is 0 Å². The zero-order valence-electron chi connectivity index (χ0n) is 8.38. The maximum atomic E-state index is 13.2. The standard InChI is InChI=1S/C10H9BrF2O3/c1-2-15-10(14)9(13)16-8-4-3-6(11)5-7(8)12/h3-5,9H,2H2,1H3. The van der Waals surface area contributed by atoms with Gasteiger partial charge in [-0.05, 0) is 25.1 Å². The average Bonchev–Trinajstić information content (AvgIpc) is 2.22. The van der Waals surface area contributed by atoms with E-state index in [2.05, 4.69) is 25.4 Å². The Morgan fingerprint density at radius 3 is 2.81 bits per heavy atom. The molecule has 0 saturated heterocycles. The van der Waals surface area contributed by atoms with Crippen LogP contribution in [0.15, 0.2) is 22.7 Å². The van der Waals surface area contributed by atoms with Gasteiger partial charge in [0, 0.05) is 4.47 Å². The molecule has 0 fully saturated rings. The Labute approximate surface area is 99.5 Å². The van der Waals surface area contributed by atoms with Crippen LogP contribution in [0.25, 0.3) is 0 Å². The lowest BCUT2D eigenvalue weighted by Crippen LogP contribution is -2.25. The number of alkyl halides is 1. The number of esters is 1. The first-order valence-corrected chi connectivity index (χ1v) is 5.26. The summed E-state index contributed by atoms with van der Waals surface area (Å²) in [7, 11) is 0. The van der Waals surface area contributed by atoms with Crippen molar-refractivity contribution < 1.29 is 23.0 Å². The van der Waals surface area contributed by atoms with E-state index < -0.39 is 18.1 Å². The molecule has 0 bridgehead atoms.